The average molecular weight is 441 g/mol. The van der Waals surface area contributed by atoms with Crippen molar-refractivity contribution < 1.29 is 88.2 Å². The van der Waals surface area contributed by atoms with Crippen molar-refractivity contribution in [2.24, 2.45) is 5.73 Å². The van der Waals surface area contributed by atoms with Crippen LogP contribution in [0.5, 0.6) is 0 Å². The van der Waals surface area contributed by atoms with E-state index in [2.05, 4.69) is 11.4 Å². The van der Waals surface area contributed by atoms with Crippen molar-refractivity contribution in [3.05, 3.63) is 0 Å². The van der Waals surface area contributed by atoms with Crippen LogP contribution in [0, 0.1) is 0 Å². The Morgan fingerprint density at radius 2 is 1.25 bits per heavy atom. The molecule has 0 saturated carbocycles. The Balaban J connectivity index is -0.00000312. The smallest absolute Gasteiger partial charge is 0.790 e. The third-order valence-corrected chi connectivity index (χ3v) is 5.08. The van der Waals surface area contributed by atoms with Gasteiger partial charge in [0.2, 0.25) is 0 Å². The van der Waals surface area contributed by atoms with Gasteiger partial charge in [-0.25, -0.2) is 0 Å². The minimum Gasteiger partial charge on any atom is -0.790 e. The summed E-state index contributed by atoms with van der Waals surface area (Å²) in [5.74, 6) is 0. The van der Waals surface area contributed by atoms with Crippen LogP contribution < -0.4 is 74.6 Å². The summed E-state index contributed by atoms with van der Waals surface area (Å²) < 4.78 is 14.4. The Bertz CT molecular complexity index is 376. The minimum atomic E-state index is -5.11. The molecule has 158 valence electrons. The van der Waals surface area contributed by atoms with Crippen LogP contribution >= 0.6 is 7.82 Å². The molecule has 0 fully saturated rings. The van der Waals surface area contributed by atoms with Crippen molar-refractivity contribution in [1.29, 1.82) is 0 Å². The molecule has 0 aliphatic heterocycles. The summed E-state index contributed by atoms with van der Waals surface area (Å²) in [6.45, 7) is 1.60. The molecule has 7 nitrogen and oxygen atoms in total. The Labute approximate surface area is 215 Å². The largest absolute Gasteiger partial charge is 1.00 e. The maximum atomic E-state index is 10.4. The van der Waals surface area contributed by atoms with Gasteiger partial charge in [0.1, 0.15) is 0 Å². The monoisotopic (exact) mass is 441 g/mol. The Hall–Kier alpha value is 1.99. The molecule has 0 saturated heterocycles. The van der Waals surface area contributed by atoms with E-state index in [1.165, 1.54) is 57.8 Å². The molecule has 0 aliphatic carbocycles. The number of hydrogen-bond donors (Lipinski definition) is 3. The van der Waals surface area contributed by atoms with Crippen molar-refractivity contribution in [2.75, 3.05) is 6.61 Å². The predicted molar refractivity (Wildman–Crippen MR) is 99.2 cm³/mol. The van der Waals surface area contributed by atoms with E-state index in [0.717, 1.165) is 19.3 Å². The van der Waals surface area contributed by atoms with Crippen LogP contribution in [-0.2, 0) is 9.09 Å². The van der Waals surface area contributed by atoms with E-state index >= 15 is 0 Å². The van der Waals surface area contributed by atoms with Gasteiger partial charge in [-0.3, -0.25) is 0 Å². The van der Waals surface area contributed by atoms with Gasteiger partial charge in [-0.15, -0.1) is 0 Å². The fourth-order valence-corrected chi connectivity index (χ4v) is 3.28. The van der Waals surface area contributed by atoms with Crippen molar-refractivity contribution >= 4 is 7.82 Å². The minimum absolute atomic E-state index is 0. The van der Waals surface area contributed by atoms with E-state index < -0.39 is 32.7 Å². The zero-order valence-corrected chi connectivity index (χ0v) is 23.1. The van der Waals surface area contributed by atoms with E-state index in [1.54, 1.807) is 0 Å². The number of aliphatic hydroxyl groups is 2. The van der Waals surface area contributed by atoms with E-state index in [9.17, 15) is 24.6 Å². The first kappa shape index (κ1) is 34.6. The Kier molecular flexibility index (Phi) is 27.4. The number of aliphatic hydroxyl groups excluding tert-OH is 2. The summed E-state index contributed by atoms with van der Waals surface area (Å²) in [5.41, 5.74) is 5.53. The number of rotatable bonds is 18. The molecule has 0 amide bonds. The van der Waals surface area contributed by atoms with E-state index in [0.29, 0.717) is 6.42 Å². The summed E-state index contributed by atoms with van der Waals surface area (Å²) in [4.78, 5) is 20.8. The van der Waals surface area contributed by atoms with Gasteiger partial charge >= 0.3 is 59.1 Å². The average Bonchev–Trinajstić information content (AvgIpc) is 2.59. The third kappa shape index (κ3) is 22.7. The van der Waals surface area contributed by atoms with Crippen molar-refractivity contribution in [3.63, 3.8) is 0 Å². The van der Waals surface area contributed by atoms with E-state index in [4.69, 9.17) is 5.73 Å². The summed E-state index contributed by atoms with van der Waals surface area (Å²) in [7, 11) is -5.11. The fraction of sp³-hybridized carbons (Fsp3) is 1.00. The molecule has 28 heavy (non-hydrogen) atoms. The zero-order valence-electron chi connectivity index (χ0n) is 18.2. The van der Waals surface area contributed by atoms with Gasteiger partial charge in [0.15, 0.2) is 0 Å². The van der Waals surface area contributed by atoms with Gasteiger partial charge in [-0.2, -0.15) is 0 Å². The summed E-state index contributed by atoms with van der Waals surface area (Å²) in [6, 6.07) is -1.11. The number of nitrogens with two attached hydrogens (primary N) is 1. The van der Waals surface area contributed by atoms with Crippen LogP contribution in [-0.4, -0.2) is 35.1 Å². The number of phosphoric ester groups is 1. The molecule has 0 rings (SSSR count). The zero-order chi connectivity index (χ0) is 19.8. The quantitative estimate of drug-likeness (QED) is 0.112. The second kappa shape index (κ2) is 22.2. The summed E-state index contributed by atoms with van der Waals surface area (Å²) in [6.07, 6.45) is 12.6. The van der Waals surface area contributed by atoms with Crippen LogP contribution in [0.1, 0.15) is 90.4 Å². The molecular formula is C18H38NNa2O6P. The van der Waals surface area contributed by atoms with Crippen LogP contribution in [0.2, 0.25) is 0 Å². The summed E-state index contributed by atoms with van der Waals surface area (Å²) in [5, 5.41) is 19.7. The van der Waals surface area contributed by atoms with Crippen molar-refractivity contribution in [2.45, 2.75) is 109 Å². The number of unbranched alkanes of at least 4 members (excludes halogenated alkanes) is 11. The first-order valence-corrected chi connectivity index (χ1v) is 11.5. The summed E-state index contributed by atoms with van der Waals surface area (Å²) >= 11 is 0. The van der Waals surface area contributed by atoms with Gasteiger partial charge in [0.05, 0.1) is 32.7 Å². The fourth-order valence-electron chi connectivity index (χ4n) is 2.93. The molecule has 0 aromatic carbocycles. The topological polar surface area (TPSA) is 139 Å². The molecule has 10 heteroatoms. The molecule has 0 bridgehead atoms. The molecule has 0 heterocycles. The molecule has 4 N–H and O–H groups in total. The van der Waals surface area contributed by atoms with Gasteiger partial charge in [-0.05, 0) is 6.42 Å². The van der Waals surface area contributed by atoms with Crippen LogP contribution in [0.15, 0.2) is 0 Å². The van der Waals surface area contributed by atoms with Gasteiger partial charge in [0.25, 0.3) is 0 Å². The molecular weight excluding hydrogens is 403 g/mol. The standard InChI is InChI=1S/C18H40NO6P.2Na/c1-2-3-4-5-6-7-8-9-10-11-12-13-14-17(20)18(21)16(19)15-25-26(22,23)24;;/h16-18,20-21H,2-15,19H2,1H3,(H2,22,23,24);;/q;2*+1/p-2/t16-,17+,18-;;/m0../s1. The van der Waals surface area contributed by atoms with Crippen molar-refractivity contribution in [1.82, 2.24) is 0 Å². The van der Waals surface area contributed by atoms with Crippen LogP contribution in [0.25, 0.3) is 0 Å². The molecule has 0 spiro atoms. The molecule has 0 aliphatic rings. The van der Waals surface area contributed by atoms with E-state index in [1.807, 2.05) is 0 Å². The van der Waals surface area contributed by atoms with Crippen molar-refractivity contribution in [3.8, 4) is 0 Å². The number of hydrogen-bond acceptors (Lipinski definition) is 7. The maximum absolute atomic E-state index is 10.4. The number of phosphoric acid groups is 1. The van der Waals surface area contributed by atoms with Crippen LogP contribution in [0.4, 0.5) is 0 Å². The third-order valence-electron chi connectivity index (χ3n) is 4.61. The molecule has 0 aromatic rings. The molecule has 0 aromatic heterocycles. The first-order valence-electron chi connectivity index (χ1n) is 10.1. The normalized spacial score (nSPS) is 14.6. The molecule has 3 atom stereocenters. The Morgan fingerprint density at radius 1 is 0.857 bits per heavy atom. The van der Waals surface area contributed by atoms with E-state index in [-0.39, 0.29) is 59.1 Å². The van der Waals surface area contributed by atoms with Gasteiger partial charge in [0, 0.05) is 0 Å². The second-order valence-electron chi connectivity index (χ2n) is 7.14. The molecule has 0 unspecified atom stereocenters. The predicted octanol–water partition coefficient (Wildman–Crippen LogP) is -4.02. The molecule has 0 radical (unpaired) electrons. The SMILES string of the molecule is CCCCCCCCCCCCCC[C@@H](O)[C@@H](O)[C@@H](N)COP(=O)([O-])[O-].[Na+].[Na+]. The van der Waals surface area contributed by atoms with Gasteiger partial charge < -0.3 is 34.8 Å². The van der Waals surface area contributed by atoms with Gasteiger partial charge in [-0.1, -0.05) is 84.0 Å². The van der Waals surface area contributed by atoms with Crippen LogP contribution in [0.3, 0.4) is 0 Å². The Morgan fingerprint density at radius 3 is 1.64 bits per heavy atom. The maximum Gasteiger partial charge on any atom is 1.00 e. The first-order chi connectivity index (χ1) is 12.3. The second-order valence-corrected chi connectivity index (χ2v) is 8.30.